The van der Waals surface area contributed by atoms with E-state index >= 15 is 0 Å². The molecule has 2 bridgehead atoms. The number of halogens is 5. The fraction of sp³-hybridized carbons (Fsp3) is 0.417. The molecule has 1 saturated heterocycles. The number of nitrogens with zero attached hydrogens (tertiary/aromatic N) is 3. The van der Waals surface area contributed by atoms with Gasteiger partial charge >= 0.3 is 5.92 Å². The van der Waals surface area contributed by atoms with Gasteiger partial charge in [0.15, 0.2) is 11.4 Å². The Morgan fingerprint density at radius 2 is 1.92 bits per heavy atom. The minimum Gasteiger partial charge on any atom is -0.503 e. The van der Waals surface area contributed by atoms with Crippen LogP contribution >= 0.6 is 0 Å². The van der Waals surface area contributed by atoms with Gasteiger partial charge in [-0.05, 0) is 18.5 Å². The van der Waals surface area contributed by atoms with Crippen molar-refractivity contribution in [2.45, 2.75) is 57.0 Å². The summed E-state index contributed by atoms with van der Waals surface area (Å²) in [6.07, 6.45) is 1.11. The van der Waals surface area contributed by atoms with Crippen LogP contribution in [0.3, 0.4) is 0 Å². The molecule has 3 atom stereocenters. The smallest absolute Gasteiger partial charge is 0.322 e. The summed E-state index contributed by atoms with van der Waals surface area (Å²) in [5.74, 6) is -13.2. The first-order valence-electron chi connectivity index (χ1n) is 11.8. The number of nitrogens with one attached hydrogen (secondary N) is 1. The number of hydrogen-bond acceptors (Lipinski definition) is 7. The van der Waals surface area contributed by atoms with Gasteiger partial charge in [0.1, 0.15) is 29.1 Å². The predicted molar refractivity (Wildman–Crippen MR) is 122 cm³/mol. The molecule has 3 aliphatic rings. The average Bonchev–Trinajstić information content (AvgIpc) is 3.25. The summed E-state index contributed by atoms with van der Waals surface area (Å²) >= 11 is 0. The quantitative estimate of drug-likeness (QED) is 0.559. The standard InChI is InChI=1S/C24H21F5N4O6/c1-10-3-4-24(38-22(31-39-24)23(2,28)29)16-9-32(10)21(37)17-19(35)18(34)13(8-33(16)17)20(36)30-7-12-14(26)5-11(25)6-15(12)27/h5-6,8,10,16,35H,3-4,7,9H2,1-2H3,(H,30,36)/t10-,16+,24+/m0/s1. The number of oxime groups is 1. The summed E-state index contributed by atoms with van der Waals surface area (Å²) in [4.78, 5) is 45.8. The Balaban J connectivity index is 1.55. The maximum atomic E-state index is 14.0. The third-order valence-electron chi connectivity index (χ3n) is 7.03. The van der Waals surface area contributed by atoms with Crippen molar-refractivity contribution in [1.82, 2.24) is 14.8 Å². The van der Waals surface area contributed by atoms with Crippen LogP contribution < -0.4 is 10.7 Å². The number of fused-ring (bicyclic) bond motifs is 5. The highest BCUT2D eigenvalue weighted by atomic mass is 19.3. The molecule has 2 aromatic rings. The van der Waals surface area contributed by atoms with Gasteiger partial charge in [-0.25, -0.2) is 13.2 Å². The molecule has 3 aliphatic heterocycles. The Morgan fingerprint density at radius 3 is 2.54 bits per heavy atom. The van der Waals surface area contributed by atoms with Gasteiger partial charge in [-0.1, -0.05) is 0 Å². The zero-order valence-electron chi connectivity index (χ0n) is 20.4. The second kappa shape index (κ2) is 8.95. The Kier molecular flexibility index (Phi) is 6.07. The van der Waals surface area contributed by atoms with Crippen LogP contribution in [0.15, 0.2) is 28.3 Å². The molecular formula is C24H21F5N4O6. The SMILES string of the molecule is C[C@H]1CC[C@@]2(ON=C(C(C)(F)F)O2)[C@H]2CN1C(=O)c1c(O)c(=O)c(C(=O)NCc3c(F)cc(F)cc3F)cn12. The molecule has 0 radical (unpaired) electrons. The van der Waals surface area contributed by atoms with E-state index in [1.165, 1.54) is 4.90 Å². The Morgan fingerprint density at radius 1 is 1.26 bits per heavy atom. The maximum Gasteiger partial charge on any atom is 0.322 e. The van der Waals surface area contributed by atoms with Crippen LogP contribution in [0.2, 0.25) is 0 Å². The van der Waals surface area contributed by atoms with Crippen LogP contribution in [0, 0.1) is 17.5 Å². The lowest BCUT2D eigenvalue weighted by Crippen LogP contribution is -2.53. The third kappa shape index (κ3) is 4.25. The summed E-state index contributed by atoms with van der Waals surface area (Å²) in [7, 11) is 0. The first kappa shape index (κ1) is 26.4. The lowest BCUT2D eigenvalue weighted by Gasteiger charge is -2.41. The summed E-state index contributed by atoms with van der Waals surface area (Å²) in [5, 5.41) is 16.3. The van der Waals surface area contributed by atoms with Crippen LogP contribution in [-0.2, 0) is 16.1 Å². The molecule has 15 heteroatoms. The van der Waals surface area contributed by atoms with Gasteiger partial charge < -0.3 is 29.5 Å². The van der Waals surface area contributed by atoms with E-state index in [0.29, 0.717) is 19.1 Å². The summed E-state index contributed by atoms with van der Waals surface area (Å²) in [6.45, 7) is 1.28. The molecule has 5 rings (SSSR count). The van der Waals surface area contributed by atoms with E-state index in [2.05, 4.69) is 10.5 Å². The lowest BCUT2D eigenvalue weighted by molar-refractivity contribution is -0.198. The number of carbonyl (C=O) groups excluding carboxylic acids is 2. The van der Waals surface area contributed by atoms with Crippen LogP contribution in [-0.4, -0.2) is 56.6 Å². The van der Waals surface area contributed by atoms with Crippen LogP contribution in [0.5, 0.6) is 5.75 Å². The molecule has 1 aromatic carbocycles. The molecule has 0 aliphatic carbocycles. The molecule has 0 saturated carbocycles. The van der Waals surface area contributed by atoms with Crippen LogP contribution in [0.25, 0.3) is 0 Å². The Hall–Kier alpha value is -4.17. The number of carbonyl (C=O) groups is 2. The van der Waals surface area contributed by atoms with Crippen molar-refractivity contribution >= 4 is 17.7 Å². The molecule has 1 spiro atoms. The molecule has 2 N–H and O–H groups in total. The molecule has 0 unspecified atom stereocenters. The zero-order chi connectivity index (χ0) is 28.4. The number of pyridine rings is 1. The molecular weight excluding hydrogens is 535 g/mol. The van der Waals surface area contributed by atoms with E-state index < -0.39 is 93.5 Å². The number of alkyl halides is 2. The van der Waals surface area contributed by atoms with E-state index in [0.717, 1.165) is 10.8 Å². The molecule has 4 heterocycles. The van der Waals surface area contributed by atoms with Gasteiger partial charge in [0, 0.05) is 56.4 Å². The fourth-order valence-electron chi connectivity index (χ4n) is 4.92. The third-order valence-corrected chi connectivity index (χ3v) is 7.03. The fourth-order valence-corrected chi connectivity index (χ4v) is 4.92. The van der Waals surface area contributed by atoms with E-state index in [1.54, 1.807) is 6.92 Å². The van der Waals surface area contributed by atoms with Gasteiger partial charge in [0.25, 0.3) is 23.5 Å². The van der Waals surface area contributed by atoms with Crippen molar-refractivity contribution in [2.75, 3.05) is 6.54 Å². The number of rotatable bonds is 4. The van der Waals surface area contributed by atoms with Gasteiger partial charge in [-0.2, -0.15) is 8.78 Å². The highest BCUT2D eigenvalue weighted by Gasteiger charge is 2.58. The summed E-state index contributed by atoms with van der Waals surface area (Å²) in [5.41, 5.74) is -3.21. The average molecular weight is 556 g/mol. The number of ether oxygens (including phenoxy) is 1. The first-order chi connectivity index (χ1) is 18.2. The minimum atomic E-state index is -3.50. The Bertz CT molecular complexity index is 1470. The normalized spacial score (nSPS) is 24.0. The molecule has 2 amide bonds. The van der Waals surface area contributed by atoms with Crippen molar-refractivity contribution in [3.8, 4) is 5.75 Å². The molecule has 208 valence electrons. The van der Waals surface area contributed by atoms with E-state index in [4.69, 9.17) is 9.57 Å². The van der Waals surface area contributed by atoms with Crippen molar-refractivity contribution in [2.24, 2.45) is 5.16 Å². The van der Waals surface area contributed by atoms with Gasteiger partial charge in [-0.3, -0.25) is 14.4 Å². The molecule has 10 nitrogen and oxygen atoms in total. The van der Waals surface area contributed by atoms with E-state index in [9.17, 15) is 41.4 Å². The van der Waals surface area contributed by atoms with Crippen molar-refractivity contribution < 1.29 is 46.2 Å². The van der Waals surface area contributed by atoms with Gasteiger partial charge in [0.05, 0.1) is 0 Å². The van der Waals surface area contributed by atoms with Gasteiger partial charge in [0.2, 0.25) is 5.43 Å². The second-order valence-corrected chi connectivity index (χ2v) is 9.66. The maximum absolute atomic E-state index is 14.0. The Labute approximate surface area is 216 Å². The number of aromatic nitrogens is 1. The lowest BCUT2D eigenvalue weighted by atomic mass is 9.99. The number of benzene rings is 1. The van der Waals surface area contributed by atoms with E-state index in [1.807, 2.05) is 0 Å². The predicted octanol–water partition coefficient (Wildman–Crippen LogP) is 2.79. The van der Waals surface area contributed by atoms with E-state index in [-0.39, 0.29) is 19.4 Å². The monoisotopic (exact) mass is 556 g/mol. The van der Waals surface area contributed by atoms with Crippen LogP contribution in [0.1, 0.15) is 59.1 Å². The molecule has 1 aromatic heterocycles. The topological polar surface area (TPSA) is 122 Å². The highest BCUT2D eigenvalue weighted by Crippen LogP contribution is 2.46. The highest BCUT2D eigenvalue weighted by molar-refractivity contribution is 5.99. The second-order valence-electron chi connectivity index (χ2n) is 9.66. The molecule has 1 fully saturated rings. The van der Waals surface area contributed by atoms with Gasteiger partial charge in [-0.15, -0.1) is 0 Å². The largest absolute Gasteiger partial charge is 0.503 e. The first-order valence-corrected chi connectivity index (χ1v) is 11.8. The summed E-state index contributed by atoms with van der Waals surface area (Å²) in [6, 6.07) is -0.800. The zero-order valence-corrected chi connectivity index (χ0v) is 20.4. The number of amides is 2. The van der Waals surface area contributed by atoms with Crippen LogP contribution in [0.4, 0.5) is 22.0 Å². The summed E-state index contributed by atoms with van der Waals surface area (Å²) < 4.78 is 75.7. The van der Waals surface area contributed by atoms with Crippen molar-refractivity contribution in [3.63, 3.8) is 0 Å². The number of aromatic hydroxyl groups is 1. The number of hydrogen-bond donors (Lipinski definition) is 2. The van der Waals surface area contributed by atoms with Crippen molar-refractivity contribution in [3.05, 3.63) is 62.8 Å². The molecule has 39 heavy (non-hydrogen) atoms. The van der Waals surface area contributed by atoms with Crippen molar-refractivity contribution in [1.29, 1.82) is 0 Å². The minimum absolute atomic E-state index is 0.0251.